The summed E-state index contributed by atoms with van der Waals surface area (Å²) in [6.07, 6.45) is 2.27. The van der Waals surface area contributed by atoms with Gasteiger partial charge in [0, 0.05) is 18.8 Å². The smallest absolute Gasteiger partial charge is 0.330 e. The Balaban J connectivity index is 2.58. The predicted octanol–water partition coefficient (Wildman–Crippen LogP) is 2.32. The lowest BCUT2D eigenvalue weighted by Crippen LogP contribution is -2.42. The highest BCUT2D eigenvalue weighted by Crippen LogP contribution is 2.21. The third kappa shape index (κ3) is 4.88. The zero-order valence-electron chi connectivity index (χ0n) is 17.0. The van der Waals surface area contributed by atoms with E-state index in [2.05, 4.69) is 9.97 Å². The third-order valence-electron chi connectivity index (χ3n) is 4.50. The summed E-state index contributed by atoms with van der Waals surface area (Å²) in [5.41, 5.74) is 5.91. The highest BCUT2D eigenvalue weighted by atomic mass is 16.2. The van der Waals surface area contributed by atoms with Crippen LogP contribution in [0.4, 0.5) is 11.5 Å². The first-order valence-corrected chi connectivity index (χ1v) is 9.64. The highest BCUT2D eigenvalue weighted by Gasteiger charge is 2.26. The zero-order valence-corrected chi connectivity index (χ0v) is 17.0. The van der Waals surface area contributed by atoms with Gasteiger partial charge in [-0.25, -0.2) is 9.78 Å². The van der Waals surface area contributed by atoms with E-state index in [1.54, 1.807) is 25.1 Å². The Bertz CT molecular complexity index is 946. The SMILES string of the molecule is CCCCn1c(N)c(N(CCC(C)C)C(=O)c2cccc(C)n2)c(=O)[nH]c1=O. The Kier molecular flexibility index (Phi) is 7.14. The quantitative estimate of drug-likeness (QED) is 0.721. The first-order chi connectivity index (χ1) is 13.3. The van der Waals surface area contributed by atoms with Gasteiger partial charge in [0.25, 0.3) is 11.5 Å². The number of aryl methyl sites for hydroxylation is 1. The maximum absolute atomic E-state index is 13.2. The van der Waals surface area contributed by atoms with Gasteiger partial charge < -0.3 is 5.73 Å². The van der Waals surface area contributed by atoms with E-state index in [1.807, 2.05) is 20.8 Å². The highest BCUT2D eigenvalue weighted by molar-refractivity contribution is 6.06. The Morgan fingerprint density at radius 2 is 2.04 bits per heavy atom. The number of aromatic amines is 1. The molecule has 0 bridgehead atoms. The summed E-state index contributed by atoms with van der Waals surface area (Å²) in [4.78, 5) is 45.9. The molecule has 152 valence electrons. The number of hydrogen-bond donors (Lipinski definition) is 2. The molecule has 0 aromatic carbocycles. The number of nitrogens with one attached hydrogen (secondary N) is 1. The van der Waals surface area contributed by atoms with Gasteiger partial charge in [-0.1, -0.05) is 33.3 Å². The lowest BCUT2D eigenvalue weighted by Gasteiger charge is -2.25. The van der Waals surface area contributed by atoms with Crippen LogP contribution in [0.3, 0.4) is 0 Å². The molecule has 2 heterocycles. The van der Waals surface area contributed by atoms with Crippen molar-refractivity contribution in [3.63, 3.8) is 0 Å². The summed E-state index contributed by atoms with van der Waals surface area (Å²) in [6.45, 7) is 8.52. The van der Waals surface area contributed by atoms with Crippen LogP contribution in [-0.2, 0) is 6.54 Å². The first kappa shape index (κ1) is 21.4. The third-order valence-corrected chi connectivity index (χ3v) is 4.50. The van der Waals surface area contributed by atoms with E-state index in [1.165, 1.54) is 9.47 Å². The lowest BCUT2D eigenvalue weighted by atomic mass is 10.1. The molecule has 2 rings (SSSR count). The molecule has 8 heteroatoms. The van der Waals surface area contributed by atoms with Crippen LogP contribution in [0.2, 0.25) is 0 Å². The van der Waals surface area contributed by atoms with E-state index in [0.717, 1.165) is 12.8 Å². The molecule has 0 aliphatic carbocycles. The maximum Gasteiger partial charge on any atom is 0.330 e. The second-order valence-electron chi connectivity index (χ2n) is 7.30. The zero-order chi connectivity index (χ0) is 20.8. The van der Waals surface area contributed by atoms with Gasteiger partial charge in [-0.05, 0) is 37.8 Å². The van der Waals surface area contributed by atoms with Gasteiger partial charge >= 0.3 is 5.69 Å². The van der Waals surface area contributed by atoms with Crippen LogP contribution in [-0.4, -0.2) is 27.0 Å². The van der Waals surface area contributed by atoms with Gasteiger partial charge in [-0.2, -0.15) is 0 Å². The molecule has 28 heavy (non-hydrogen) atoms. The molecule has 8 nitrogen and oxygen atoms in total. The molecule has 3 N–H and O–H groups in total. The first-order valence-electron chi connectivity index (χ1n) is 9.64. The number of aromatic nitrogens is 3. The Labute approximate surface area is 164 Å². The van der Waals surface area contributed by atoms with Gasteiger partial charge in [0.05, 0.1) is 0 Å². The van der Waals surface area contributed by atoms with Crippen molar-refractivity contribution in [3.05, 3.63) is 50.4 Å². The van der Waals surface area contributed by atoms with Gasteiger partial charge in [0.2, 0.25) is 0 Å². The number of anilines is 2. The van der Waals surface area contributed by atoms with Crippen molar-refractivity contribution < 1.29 is 4.79 Å². The summed E-state index contributed by atoms with van der Waals surface area (Å²) < 4.78 is 1.32. The summed E-state index contributed by atoms with van der Waals surface area (Å²) >= 11 is 0. The molecule has 0 aliphatic heterocycles. The van der Waals surface area contributed by atoms with E-state index in [4.69, 9.17) is 5.73 Å². The van der Waals surface area contributed by atoms with Crippen LogP contribution in [0.5, 0.6) is 0 Å². The van der Waals surface area contributed by atoms with Crippen molar-refractivity contribution in [3.8, 4) is 0 Å². The molecule has 0 atom stereocenters. The number of amides is 1. The number of nitrogen functional groups attached to an aromatic ring is 1. The number of carbonyl (C=O) groups excluding carboxylic acids is 1. The molecule has 2 aromatic rings. The van der Waals surface area contributed by atoms with Crippen molar-refractivity contribution in [1.29, 1.82) is 0 Å². The molecule has 0 fully saturated rings. The molecular formula is C20H29N5O3. The van der Waals surface area contributed by atoms with Crippen LogP contribution in [0.15, 0.2) is 27.8 Å². The maximum atomic E-state index is 13.2. The minimum atomic E-state index is -0.667. The van der Waals surface area contributed by atoms with Crippen molar-refractivity contribution in [1.82, 2.24) is 14.5 Å². The average Bonchev–Trinajstić information content (AvgIpc) is 2.63. The lowest BCUT2D eigenvalue weighted by molar-refractivity contribution is 0.0980. The van der Waals surface area contributed by atoms with E-state index in [-0.39, 0.29) is 17.2 Å². The number of pyridine rings is 1. The fourth-order valence-corrected chi connectivity index (χ4v) is 2.88. The van der Waals surface area contributed by atoms with E-state index < -0.39 is 17.2 Å². The summed E-state index contributed by atoms with van der Waals surface area (Å²) in [7, 11) is 0. The van der Waals surface area contributed by atoms with Crippen molar-refractivity contribution in [2.75, 3.05) is 17.2 Å². The Morgan fingerprint density at radius 1 is 1.32 bits per heavy atom. The molecule has 0 aliphatic rings. The minimum Gasteiger partial charge on any atom is -0.383 e. The second kappa shape index (κ2) is 9.34. The molecule has 0 radical (unpaired) electrons. The number of rotatable bonds is 8. The van der Waals surface area contributed by atoms with Crippen molar-refractivity contribution in [2.45, 2.75) is 53.5 Å². The number of unbranched alkanes of at least 4 members (excludes halogenated alkanes) is 1. The molecule has 1 amide bonds. The fraction of sp³-hybridized carbons (Fsp3) is 0.500. The van der Waals surface area contributed by atoms with Crippen LogP contribution in [0.1, 0.15) is 56.2 Å². The van der Waals surface area contributed by atoms with Gasteiger partial charge in [0.15, 0.2) is 5.69 Å². The topological polar surface area (TPSA) is 114 Å². The number of H-pyrrole nitrogens is 1. The Hall–Kier alpha value is -2.90. The molecule has 0 spiro atoms. The summed E-state index contributed by atoms with van der Waals surface area (Å²) in [5.74, 6) is -0.0960. The van der Waals surface area contributed by atoms with Crippen LogP contribution in [0.25, 0.3) is 0 Å². The molecule has 2 aromatic heterocycles. The van der Waals surface area contributed by atoms with E-state index in [0.29, 0.717) is 31.1 Å². The normalized spacial score (nSPS) is 11.0. The molecular weight excluding hydrogens is 358 g/mol. The van der Waals surface area contributed by atoms with Crippen LogP contribution in [0, 0.1) is 12.8 Å². The number of hydrogen-bond acceptors (Lipinski definition) is 5. The van der Waals surface area contributed by atoms with Crippen molar-refractivity contribution >= 4 is 17.4 Å². The monoisotopic (exact) mass is 387 g/mol. The standard InChI is InChI=1S/C20H29N5O3/c1-5-6-11-25-17(21)16(18(26)23-20(25)28)24(12-10-13(2)3)19(27)15-9-7-8-14(4)22-15/h7-9,13H,5-6,10-12,21H2,1-4H3,(H,23,26,28). The number of nitrogens with zero attached hydrogens (tertiary/aromatic N) is 3. The van der Waals surface area contributed by atoms with Crippen LogP contribution >= 0.6 is 0 Å². The largest absolute Gasteiger partial charge is 0.383 e. The fourth-order valence-electron chi connectivity index (χ4n) is 2.88. The number of nitrogens with two attached hydrogens (primary N) is 1. The molecule has 0 saturated carbocycles. The number of carbonyl (C=O) groups is 1. The van der Waals surface area contributed by atoms with E-state index in [9.17, 15) is 14.4 Å². The Morgan fingerprint density at radius 3 is 2.64 bits per heavy atom. The average molecular weight is 387 g/mol. The van der Waals surface area contributed by atoms with Crippen molar-refractivity contribution in [2.24, 2.45) is 5.92 Å². The van der Waals surface area contributed by atoms with Crippen LogP contribution < -0.4 is 21.9 Å². The van der Waals surface area contributed by atoms with Gasteiger partial charge in [0.1, 0.15) is 11.5 Å². The molecule has 0 unspecified atom stereocenters. The summed E-state index contributed by atoms with van der Waals surface area (Å²) in [6, 6.07) is 5.14. The predicted molar refractivity (Wildman–Crippen MR) is 111 cm³/mol. The van der Waals surface area contributed by atoms with Gasteiger partial charge in [-0.3, -0.25) is 24.0 Å². The van der Waals surface area contributed by atoms with E-state index >= 15 is 0 Å². The second-order valence-corrected chi connectivity index (χ2v) is 7.30. The molecule has 0 saturated heterocycles. The van der Waals surface area contributed by atoms with Gasteiger partial charge in [-0.15, -0.1) is 0 Å². The summed E-state index contributed by atoms with van der Waals surface area (Å²) in [5, 5.41) is 0. The minimum absolute atomic E-state index is 0.00431.